The van der Waals surface area contributed by atoms with Crippen LogP contribution in [-0.4, -0.2) is 37.6 Å². The van der Waals surface area contributed by atoms with E-state index in [0.717, 1.165) is 25.3 Å². The number of nitrogens with zero attached hydrogens (tertiary/aromatic N) is 2. The van der Waals surface area contributed by atoms with Crippen molar-refractivity contribution in [3.8, 4) is 6.07 Å². The zero-order valence-corrected chi connectivity index (χ0v) is 12.2. The van der Waals surface area contributed by atoms with Gasteiger partial charge in [0.1, 0.15) is 5.54 Å². The summed E-state index contributed by atoms with van der Waals surface area (Å²) in [4.78, 5) is 2.39. The van der Waals surface area contributed by atoms with Crippen LogP contribution in [-0.2, 0) is 0 Å². The monoisotopic (exact) mass is 239 g/mol. The van der Waals surface area contributed by atoms with Crippen molar-refractivity contribution < 1.29 is 0 Å². The van der Waals surface area contributed by atoms with Crippen molar-refractivity contribution in [1.29, 1.82) is 5.26 Å². The molecule has 3 nitrogen and oxygen atoms in total. The van der Waals surface area contributed by atoms with Gasteiger partial charge in [-0.05, 0) is 65.7 Å². The quantitative estimate of drug-likeness (QED) is 0.629. The van der Waals surface area contributed by atoms with E-state index in [1.165, 1.54) is 19.4 Å². The maximum Gasteiger partial charge on any atom is 0.103 e. The van der Waals surface area contributed by atoms with E-state index in [0.29, 0.717) is 0 Å². The van der Waals surface area contributed by atoms with Crippen LogP contribution in [0.3, 0.4) is 0 Å². The van der Waals surface area contributed by atoms with E-state index in [9.17, 15) is 0 Å². The first-order valence-electron chi connectivity index (χ1n) is 6.72. The van der Waals surface area contributed by atoms with Crippen LogP contribution in [0.2, 0.25) is 0 Å². The molecule has 17 heavy (non-hydrogen) atoms. The van der Waals surface area contributed by atoms with E-state index in [2.05, 4.69) is 37.2 Å². The minimum absolute atomic E-state index is 0.351. The van der Waals surface area contributed by atoms with Crippen molar-refractivity contribution in [2.45, 2.75) is 52.0 Å². The molecule has 0 aliphatic heterocycles. The molecular weight excluding hydrogens is 210 g/mol. The third-order valence-corrected chi connectivity index (χ3v) is 3.35. The van der Waals surface area contributed by atoms with Crippen molar-refractivity contribution in [1.82, 2.24) is 10.2 Å². The van der Waals surface area contributed by atoms with E-state index in [1.807, 2.05) is 14.0 Å². The summed E-state index contributed by atoms with van der Waals surface area (Å²) in [6.45, 7) is 8.81. The molecule has 0 aromatic rings. The summed E-state index contributed by atoms with van der Waals surface area (Å²) in [6, 6.07) is 2.33. The fourth-order valence-electron chi connectivity index (χ4n) is 1.69. The number of unbranched alkanes of at least 4 members (excludes halogenated alkanes) is 1. The van der Waals surface area contributed by atoms with E-state index in [1.54, 1.807) is 0 Å². The average molecular weight is 239 g/mol. The molecule has 1 atom stereocenters. The Labute approximate surface area is 107 Å². The molecule has 0 fully saturated rings. The van der Waals surface area contributed by atoms with Crippen LogP contribution in [0.1, 0.15) is 46.5 Å². The minimum Gasteiger partial charge on any atom is -0.306 e. The van der Waals surface area contributed by atoms with Gasteiger partial charge in [-0.3, -0.25) is 0 Å². The fraction of sp³-hybridized carbons (Fsp3) is 0.929. The lowest BCUT2D eigenvalue weighted by molar-refractivity contribution is 0.297. The SMILES string of the molecule is CNC(C)(C#N)CCCCN(C)CCC(C)C. The molecule has 0 amide bonds. The molecule has 0 aliphatic rings. The Balaban J connectivity index is 3.61. The van der Waals surface area contributed by atoms with Crippen LogP contribution in [0, 0.1) is 17.2 Å². The number of rotatable bonds is 9. The fourth-order valence-corrected chi connectivity index (χ4v) is 1.69. The van der Waals surface area contributed by atoms with Gasteiger partial charge >= 0.3 is 0 Å². The number of hydrogen-bond donors (Lipinski definition) is 1. The molecule has 0 radical (unpaired) electrons. The van der Waals surface area contributed by atoms with Crippen molar-refractivity contribution >= 4 is 0 Å². The van der Waals surface area contributed by atoms with Crippen LogP contribution < -0.4 is 5.32 Å². The van der Waals surface area contributed by atoms with E-state index < -0.39 is 0 Å². The molecule has 0 bridgehead atoms. The normalized spacial score (nSPS) is 14.9. The summed E-state index contributed by atoms with van der Waals surface area (Å²) in [7, 11) is 4.04. The lowest BCUT2D eigenvalue weighted by Crippen LogP contribution is -2.38. The van der Waals surface area contributed by atoms with Crippen LogP contribution >= 0.6 is 0 Å². The number of nitriles is 1. The van der Waals surface area contributed by atoms with Crippen molar-refractivity contribution in [3.05, 3.63) is 0 Å². The molecule has 0 spiro atoms. The summed E-state index contributed by atoms with van der Waals surface area (Å²) in [6.07, 6.45) is 4.48. The third kappa shape index (κ3) is 8.18. The smallest absolute Gasteiger partial charge is 0.103 e. The molecular formula is C14H29N3. The Hall–Kier alpha value is -0.590. The Bertz CT molecular complexity index is 232. The molecule has 0 heterocycles. The highest BCUT2D eigenvalue weighted by Gasteiger charge is 2.19. The van der Waals surface area contributed by atoms with Gasteiger partial charge in [-0.1, -0.05) is 13.8 Å². The molecule has 0 aromatic carbocycles. The summed E-state index contributed by atoms with van der Waals surface area (Å²) in [5, 5.41) is 12.1. The second-order valence-electron chi connectivity index (χ2n) is 5.64. The summed E-state index contributed by atoms with van der Waals surface area (Å²) in [5.41, 5.74) is -0.351. The minimum atomic E-state index is -0.351. The van der Waals surface area contributed by atoms with Gasteiger partial charge in [0, 0.05) is 0 Å². The number of nitrogens with one attached hydrogen (secondary N) is 1. The Morgan fingerprint density at radius 2 is 1.94 bits per heavy atom. The highest BCUT2D eigenvalue weighted by molar-refractivity contribution is 5.02. The largest absolute Gasteiger partial charge is 0.306 e. The molecule has 3 heteroatoms. The molecule has 0 aliphatic carbocycles. The molecule has 0 saturated heterocycles. The van der Waals surface area contributed by atoms with E-state index >= 15 is 0 Å². The van der Waals surface area contributed by atoms with Crippen molar-refractivity contribution in [2.75, 3.05) is 27.2 Å². The van der Waals surface area contributed by atoms with Gasteiger partial charge in [0.15, 0.2) is 0 Å². The second-order valence-corrected chi connectivity index (χ2v) is 5.64. The average Bonchev–Trinajstić information content (AvgIpc) is 2.31. The molecule has 1 N–H and O–H groups in total. The Kier molecular flexibility index (Phi) is 8.20. The van der Waals surface area contributed by atoms with Gasteiger partial charge in [-0.2, -0.15) is 5.26 Å². The summed E-state index contributed by atoms with van der Waals surface area (Å²) >= 11 is 0. The molecule has 0 saturated carbocycles. The lowest BCUT2D eigenvalue weighted by Gasteiger charge is -2.22. The molecule has 0 rings (SSSR count). The highest BCUT2D eigenvalue weighted by atomic mass is 15.1. The van der Waals surface area contributed by atoms with Gasteiger partial charge in [0.05, 0.1) is 6.07 Å². The van der Waals surface area contributed by atoms with E-state index in [-0.39, 0.29) is 5.54 Å². The highest BCUT2D eigenvalue weighted by Crippen LogP contribution is 2.12. The lowest BCUT2D eigenvalue weighted by atomic mass is 9.97. The van der Waals surface area contributed by atoms with Gasteiger partial charge in [-0.15, -0.1) is 0 Å². The maximum absolute atomic E-state index is 9.02. The van der Waals surface area contributed by atoms with Crippen LogP contribution in [0.25, 0.3) is 0 Å². The second kappa shape index (κ2) is 8.49. The van der Waals surface area contributed by atoms with Crippen molar-refractivity contribution in [2.24, 2.45) is 5.92 Å². The Morgan fingerprint density at radius 1 is 1.29 bits per heavy atom. The van der Waals surface area contributed by atoms with Crippen LogP contribution in [0.15, 0.2) is 0 Å². The zero-order valence-electron chi connectivity index (χ0n) is 12.2. The Morgan fingerprint density at radius 3 is 2.41 bits per heavy atom. The summed E-state index contributed by atoms with van der Waals surface area (Å²) < 4.78 is 0. The van der Waals surface area contributed by atoms with Gasteiger partial charge < -0.3 is 10.2 Å². The van der Waals surface area contributed by atoms with Crippen molar-refractivity contribution in [3.63, 3.8) is 0 Å². The predicted molar refractivity (Wildman–Crippen MR) is 73.9 cm³/mol. The first-order valence-corrected chi connectivity index (χ1v) is 6.72. The van der Waals surface area contributed by atoms with Crippen LogP contribution in [0.4, 0.5) is 0 Å². The topological polar surface area (TPSA) is 39.1 Å². The first kappa shape index (κ1) is 16.4. The third-order valence-electron chi connectivity index (χ3n) is 3.35. The first-order chi connectivity index (χ1) is 7.93. The summed E-state index contributed by atoms with van der Waals surface area (Å²) in [5.74, 6) is 0.781. The predicted octanol–water partition coefficient (Wildman–Crippen LogP) is 2.64. The molecule has 1 unspecified atom stereocenters. The van der Waals surface area contributed by atoms with Gasteiger partial charge in [0.2, 0.25) is 0 Å². The van der Waals surface area contributed by atoms with Gasteiger partial charge in [0.25, 0.3) is 0 Å². The van der Waals surface area contributed by atoms with E-state index in [4.69, 9.17) is 5.26 Å². The molecule has 100 valence electrons. The maximum atomic E-state index is 9.02. The van der Waals surface area contributed by atoms with Crippen LogP contribution in [0.5, 0.6) is 0 Å². The van der Waals surface area contributed by atoms with Gasteiger partial charge in [-0.25, -0.2) is 0 Å². The standard InChI is InChI=1S/C14H29N3/c1-13(2)8-11-17(5)10-7-6-9-14(3,12-15)16-4/h13,16H,6-11H2,1-5H3. The number of hydrogen-bond acceptors (Lipinski definition) is 3. The zero-order chi connectivity index (χ0) is 13.3. The molecule has 0 aromatic heterocycles.